The molecule has 0 spiro atoms. The number of aliphatic hydroxyl groups is 1. The van der Waals surface area contributed by atoms with E-state index >= 15 is 0 Å². The smallest absolute Gasteiger partial charge is 0.396 e. The third-order valence-electron chi connectivity index (χ3n) is 2.52. The highest BCUT2D eigenvalue weighted by Gasteiger charge is 2.33. The molecular weight excluding hydrogens is 287 g/mol. The Kier molecular flexibility index (Phi) is 5.91. The van der Waals surface area contributed by atoms with Crippen molar-refractivity contribution in [1.82, 2.24) is 5.32 Å². The van der Waals surface area contributed by atoms with Crippen molar-refractivity contribution in [2.45, 2.75) is 43.9 Å². The van der Waals surface area contributed by atoms with E-state index in [4.69, 9.17) is 5.11 Å². The second-order valence-corrected chi connectivity index (χ2v) is 6.64. The minimum Gasteiger partial charge on any atom is -0.396 e. The van der Waals surface area contributed by atoms with Crippen molar-refractivity contribution in [3.8, 4) is 0 Å². The summed E-state index contributed by atoms with van der Waals surface area (Å²) in [5.41, 5.74) is -0.187. The van der Waals surface area contributed by atoms with Gasteiger partial charge in [-0.1, -0.05) is 6.07 Å². The topological polar surface area (TPSA) is 32.3 Å². The molecular formula is C14H20F3NOS. The van der Waals surface area contributed by atoms with Crippen LogP contribution in [0.25, 0.3) is 0 Å². The minimum absolute atomic E-state index is 0.144. The van der Waals surface area contributed by atoms with Gasteiger partial charge in [-0.3, -0.25) is 0 Å². The molecule has 0 saturated carbocycles. The summed E-state index contributed by atoms with van der Waals surface area (Å²) in [6.07, 6.45) is -4.38. The molecule has 0 bridgehead atoms. The predicted molar refractivity (Wildman–Crippen MR) is 75.8 cm³/mol. The first kappa shape index (κ1) is 17.3. The van der Waals surface area contributed by atoms with Crippen LogP contribution in [0.2, 0.25) is 0 Å². The maximum Gasteiger partial charge on any atom is 0.417 e. The van der Waals surface area contributed by atoms with Crippen molar-refractivity contribution < 1.29 is 18.3 Å². The third-order valence-corrected chi connectivity index (χ3v) is 3.57. The fourth-order valence-electron chi connectivity index (χ4n) is 1.56. The number of hydrogen-bond donors (Lipinski definition) is 2. The molecule has 114 valence electrons. The highest BCUT2D eigenvalue weighted by atomic mass is 32.2. The average molecular weight is 307 g/mol. The van der Waals surface area contributed by atoms with Crippen molar-refractivity contribution in [3.05, 3.63) is 29.3 Å². The lowest BCUT2D eigenvalue weighted by Crippen LogP contribution is -2.35. The number of hydrogen-bond acceptors (Lipinski definition) is 3. The SMILES string of the molecule is CC(C)(C)NCc1ccc(SCCO)c(C(F)(F)F)c1. The summed E-state index contributed by atoms with van der Waals surface area (Å²) in [6, 6.07) is 4.34. The van der Waals surface area contributed by atoms with Gasteiger partial charge in [0.05, 0.1) is 12.2 Å². The van der Waals surface area contributed by atoms with Crippen LogP contribution in [0, 0.1) is 0 Å². The molecule has 20 heavy (non-hydrogen) atoms. The quantitative estimate of drug-likeness (QED) is 0.814. The van der Waals surface area contributed by atoms with E-state index in [2.05, 4.69) is 5.32 Å². The van der Waals surface area contributed by atoms with Crippen molar-refractivity contribution in [2.75, 3.05) is 12.4 Å². The third kappa shape index (κ3) is 5.73. The Morgan fingerprint density at radius 3 is 2.35 bits per heavy atom. The van der Waals surface area contributed by atoms with Gasteiger partial charge in [0.25, 0.3) is 0 Å². The van der Waals surface area contributed by atoms with E-state index < -0.39 is 11.7 Å². The summed E-state index contributed by atoms with van der Waals surface area (Å²) < 4.78 is 39.1. The molecule has 0 fully saturated rings. The Morgan fingerprint density at radius 1 is 1.20 bits per heavy atom. The van der Waals surface area contributed by atoms with Gasteiger partial charge < -0.3 is 10.4 Å². The normalized spacial score (nSPS) is 12.8. The van der Waals surface area contributed by atoms with Crippen LogP contribution in [-0.4, -0.2) is 23.0 Å². The maximum atomic E-state index is 13.0. The standard InChI is InChI=1S/C14H20F3NOS/c1-13(2,3)18-9-10-4-5-12(20-7-6-19)11(8-10)14(15,16)17/h4-5,8,18-19H,6-7,9H2,1-3H3. The predicted octanol–water partition coefficient (Wildman–Crippen LogP) is 3.68. The van der Waals surface area contributed by atoms with Gasteiger partial charge in [-0.15, -0.1) is 11.8 Å². The van der Waals surface area contributed by atoms with Crippen LogP contribution >= 0.6 is 11.8 Å². The van der Waals surface area contributed by atoms with Crippen molar-refractivity contribution in [1.29, 1.82) is 0 Å². The summed E-state index contributed by atoms with van der Waals surface area (Å²) in [5.74, 6) is 0.253. The molecule has 0 atom stereocenters. The summed E-state index contributed by atoms with van der Waals surface area (Å²) in [6.45, 7) is 6.13. The Hall–Kier alpha value is -0.720. The second kappa shape index (κ2) is 6.83. The molecule has 2 N–H and O–H groups in total. The lowest BCUT2D eigenvalue weighted by molar-refractivity contribution is -0.139. The zero-order chi connectivity index (χ0) is 15.4. The number of halogens is 3. The Morgan fingerprint density at radius 2 is 1.85 bits per heavy atom. The van der Waals surface area contributed by atoms with Gasteiger partial charge in [0, 0.05) is 22.7 Å². The van der Waals surface area contributed by atoms with Gasteiger partial charge in [-0.2, -0.15) is 13.2 Å². The van der Waals surface area contributed by atoms with Crippen molar-refractivity contribution >= 4 is 11.8 Å². The van der Waals surface area contributed by atoms with Gasteiger partial charge in [0.1, 0.15) is 0 Å². The summed E-state index contributed by atoms with van der Waals surface area (Å²) in [5, 5.41) is 11.9. The molecule has 0 aliphatic carbocycles. The van der Waals surface area contributed by atoms with Crippen LogP contribution in [0.1, 0.15) is 31.9 Å². The maximum absolute atomic E-state index is 13.0. The molecule has 1 aromatic rings. The molecule has 0 aliphatic heterocycles. The monoisotopic (exact) mass is 307 g/mol. The minimum atomic E-state index is -4.38. The summed E-state index contributed by atoms with van der Waals surface area (Å²) >= 11 is 1.02. The fourth-order valence-corrected chi connectivity index (χ4v) is 2.36. The molecule has 6 heteroatoms. The van der Waals surface area contributed by atoms with E-state index in [1.165, 1.54) is 12.1 Å². The van der Waals surface area contributed by atoms with Gasteiger partial charge in [0.15, 0.2) is 0 Å². The van der Waals surface area contributed by atoms with E-state index in [0.717, 1.165) is 11.8 Å². The molecule has 0 radical (unpaired) electrons. The lowest BCUT2D eigenvalue weighted by atomic mass is 10.1. The summed E-state index contributed by atoms with van der Waals surface area (Å²) in [7, 11) is 0. The van der Waals surface area contributed by atoms with Gasteiger partial charge in [0.2, 0.25) is 0 Å². The van der Waals surface area contributed by atoms with Crippen LogP contribution in [0.4, 0.5) is 13.2 Å². The number of nitrogens with one attached hydrogen (secondary N) is 1. The van der Waals surface area contributed by atoms with E-state index in [-0.39, 0.29) is 22.8 Å². The Labute approximate surface area is 121 Å². The number of aliphatic hydroxyl groups excluding tert-OH is 1. The number of benzene rings is 1. The van der Waals surface area contributed by atoms with Crippen molar-refractivity contribution in [2.24, 2.45) is 0 Å². The Balaban J connectivity index is 2.96. The van der Waals surface area contributed by atoms with Gasteiger partial charge in [-0.25, -0.2) is 0 Å². The molecule has 0 amide bonds. The lowest BCUT2D eigenvalue weighted by Gasteiger charge is -2.21. The first-order chi connectivity index (χ1) is 9.13. The van der Waals surface area contributed by atoms with Crippen LogP contribution in [0.3, 0.4) is 0 Å². The highest BCUT2D eigenvalue weighted by molar-refractivity contribution is 7.99. The first-order valence-corrected chi connectivity index (χ1v) is 7.31. The van der Waals surface area contributed by atoms with E-state index in [1.54, 1.807) is 6.07 Å². The molecule has 1 rings (SSSR count). The molecule has 0 heterocycles. The molecule has 0 unspecified atom stereocenters. The number of alkyl halides is 3. The van der Waals surface area contributed by atoms with Crippen molar-refractivity contribution in [3.63, 3.8) is 0 Å². The molecule has 0 saturated heterocycles. The largest absolute Gasteiger partial charge is 0.417 e. The number of rotatable bonds is 5. The summed E-state index contributed by atoms with van der Waals surface area (Å²) in [4.78, 5) is 0.158. The van der Waals surface area contributed by atoms with Gasteiger partial charge >= 0.3 is 6.18 Å². The number of thioether (sulfide) groups is 1. The molecule has 0 aliphatic rings. The van der Waals surface area contributed by atoms with Gasteiger partial charge in [-0.05, 0) is 38.5 Å². The van der Waals surface area contributed by atoms with Crippen LogP contribution in [-0.2, 0) is 12.7 Å². The van der Waals surface area contributed by atoms with E-state index in [1.807, 2.05) is 20.8 Å². The van der Waals surface area contributed by atoms with Crippen LogP contribution < -0.4 is 5.32 Å². The van der Waals surface area contributed by atoms with Crippen LogP contribution in [0.15, 0.2) is 23.1 Å². The van der Waals surface area contributed by atoms with E-state index in [9.17, 15) is 13.2 Å². The Bertz CT molecular complexity index is 441. The second-order valence-electron chi connectivity index (χ2n) is 5.50. The average Bonchev–Trinajstić information content (AvgIpc) is 2.32. The van der Waals surface area contributed by atoms with Crippen LogP contribution in [0.5, 0.6) is 0 Å². The molecule has 2 nitrogen and oxygen atoms in total. The molecule has 0 aromatic heterocycles. The fraction of sp³-hybridized carbons (Fsp3) is 0.571. The van der Waals surface area contributed by atoms with E-state index in [0.29, 0.717) is 12.1 Å². The zero-order valence-corrected chi connectivity index (χ0v) is 12.7. The molecule has 1 aromatic carbocycles. The highest BCUT2D eigenvalue weighted by Crippen LogP contribution is 2.37. The zero-order valence-electron chi connectivity index (χ0n) is 11.8. The first-order valence-electron chi connectivity index (χ1n) is 6.32.